The standard InChI is InChI=1S/C15H27N3/c1-12(2)14(9-16)10-17-15-7-5-13(6-8-15)11-18(3)4/h5-8,12,14,17H,9-11,16H2,1-4H3. The van der Waals surface area contributed by atoms with Crippen LogP contribution in [-0.4, -0.2) is 32.1 Å². The molecule has 0 bridgehead atoms. The highest BCUT2D eigenvalue weighted by Gasteiger charge is 2.10. The van der Waals surface area contributed by atoms with Gasteiger partial charge in [-0.25, -0.2) is 0 Å². The van der Waals surface area contributed by atoms with Gasteiger partial charge < -0.3 is 16.0 Å². The van der Waals surface area contributed by atoms with Gasteiger partial charge in [-0.15, -0.1) is 0 Å². The van der Waals surface area contributed by atoms with Crippen LogP contribution in [0.1, 0.15) is 19.4 Å². The topological polar surface area (TPSA) is 41.3 Å². The van der Waals surface area contributed by atoms with Gasteiger partial charge in [0.05, 0.1) is 0 Å². The van der Waals surface area contributed by atoms with Gasteiger partial charge in [-0.2, -0.15) is 0 Å². The fraction of sp³-hybridized carbons (Fsp3) is 0.600. The highest BCUT2D eigenvalue weighted by atomic mass is 15.0. The number of rotatable bonds is 7. The first-order valence-electron chi connectivity index (χ1n) is 6.70. The third-order valence-corrected chi connectivity index (χ3v) is 3.27. The van der Waals surface area contributed by atoms with Crippen LogP contribution in [0.15, 0.2) is 24.3 Å². The van der Waals surface area contributed by atoms with Crippen molar-refractivity contribution in [2.45, 2.75) is 20.4 Å². The SMILES string of the molecule is CC(C)C(CN)CNc1ccc(CN(C)C)cc1. The van der Waals surface area contributed by atoms with Crippen molar-refractivity contribution in [1.29, 1.82) is 0 Å². The zero-order chi connectivity index (χ0) is 13.5. The van der Waals surface area contributed by atoms with E-state index in [1.165, 1.54) is 11.3 Å². The van der Waals surface area contributed by atoms with Crippen molar-refractivity contribution in [3.63, 3.8) is 0 Å². The summed E-state index contributed by atoms with van der Waals surface area (Å²) >= 11 is 0. The van der Waals surface area contributed by atoms with E-state index in [0.29, 0.717) is 11.8 Å². The number of hydrogen-bond acceptors (Lipinski definition) is 3. The van der Waals surface area contributed by atoms with Crippen LogP contribution >= 0.6 is 0 Å². The molecule has 3 heteroatoms. The van der Waals surface area contributed by atoms with E-state index in [-0.39, 0.29) is 0 Å². The summed E-state index contributed by atoms with van der Waals surface area (Å²) in [5, 5.41) is 3.46. The second-order valence-electron chi connectivity index (χ2n) is 5.56. The quantitative estimate of drug-likeness (QED) is 0.779. The lowest BCUT2D eigenvalue weighted by Gasteiger charge is -2.20. The summed E-state index contributed by atoms with van der Waals surface area (Å²) in [6.45, 7) is 7.11. The smallest absolute Gasteiger partial charge is 0.0340 e. The molecule has 0 aliphatic rings. The summed E-state index contributed by atoms with van der Waals surface area (Å²) in [4.78, 5) is 2.17. The molecule has 0 aromatic heterocycles. The number of nitrogens with one attached hydrogen (secondary N) is 1. The molecule has 1 atom stereocenters. The summed E-state index contributed by atoms with van der Waals surface area (Å²) in [6, 6.07) is 8.64. The molecule has 3 N–H and O–H groups in total. The Bertz CT molecular complexity index is 330. The number of anilines is 1. The first-order chi connectivity index (χ1) is 8.52. The molecule has 0 radical (unpaired) electrons. The largest absolute Gasteiger partial charge is 0.385 e. The van der Waals surface area contributed by atoms with E-state index in [2.05, 4.69) is 62.4 Å². The molecule has 18 heavy (non-hydrogen) atoms. The zero-order valence-electron chi connectivity index (χ0n) is 12.1. The van der Waals surface area contributed by atoms with Gasteiger partial charge in [0.25, 0.3) is 0 Å². The highest BCUT2D eigenvalue weighted by Crippen LogP contribution is 2.14. The molecule has 1 rings (SSSR count). The molecule has 1 unspecified atom stereocenters. The maximum atomic E-state index is 5.77. The Labute approximate surface area is 111 Å². The Morgan fingerprint density at radius 3 is 2.22 bits per heavy atom. The van der Waals surface area contributed by atoms with E-state index in [1.807, 2.05) is 0 Å². The molecule has 1 aromatic rings. The van der Waals surface area contributed by atoms with Gasteiger partial charge in [-0.05, 0) is 50.2 Å². The lowest BCUT2D eigenvalue weighted by molar-refractivity contribution is 0.402. The van der Waals surface area contributed by atoms with Gasteiger partial charge >= 0.3 is 0 Å². The number of hydrogen-bond donors (Lipinski definition) is 2. The van der Waals surface area contributed by atoms with Crippen LogP contribution in [0.2, 0.25) is 0 Å². The molecule has 1 aromatic carbocycles. The third-order valence-electron chi connectivity index (χ3n) is 3.27. The van der Waals surface area contributed by atoms with Crippen molar-refractivity contribution >= 4 is 5.69 Å². The Kier molecular flexibility index (Phi) is 6.16. The van der Waals surface area contributed by atoms with Gasteiger partial charge in [0.2, 0.25) is 0 Å². The van der Waals surface area contributed by atoms with E-state index >= 15 is 0 Å². The predicted octanol–water partition coefficient (Wildman–Crippen LogP) is 2.39. The predicted molar refractivity (Wildman–Crippen MR) is 79.7 cm³/mol. The van der Waals surface area contributed by atoms with Crippen molar-refractivity contribution in [2.24, 2.45) is 17.6 Å². The van der Waals surface area contributed by atoms with Crippen molar-refractivity contribution < 1.29 is 0 Å². The minimum absolute atomic E-state index is 0.534. The van der Waals surface area contributed by atoms with Crippen LogP contribution in [0.4, 0.5) is 5.69 Å². The molecular weight excluding hydrogens is 222 g/mol. The van der Waals surface area contributed by atoms with Crippen molar-refractivity contribution in [3.05, 3.63) is 29.8 Å². The molecule has 102 valence electrons. The third kappa shape index (κ3) is 5.07. The molecule has 0 amide bonds. The molecule has 0 fully saturated rings. The summed E-state index contributed by atoms with van der Waals surface area (Å²) in [7, 11) is 4.17. The number of nitrogens with zero attached hydrogens (tertiary/aromatic N) is 1. The van der Waals surface area contributed by atoms with Crippen LogP contribution < -0.4 is 11.1 Å². The maximum Gasteiger partial charge on any atom is 0.0340 e. The fourth-order valence-corrected chi connectivity index (χ4v) is 1.93. The van der Waals surface area contributed by atoms with Gasteiger partial charge in [0, 0.05) is 18.8 Å². The average molecular weight is 249 g/mol. The Hall–Kier alpha value is -1.06. The summed E-state index contributed by atoms with van der Waals surface area (Å²) in [5.41, 5.74) is 8.29. The first kappa shape index (κ1) is 15.0. The van der Waals surface area contributed by atoms with E-state index in [1.54, 1.807) is 0 Å². The van der Waals surface area contributed by atoms with Crippen LogP contribution in [0.5, 0.6) is 0 Å². The Morgan fingerprint density at radius 2 is 1.78 bits per heavy atom. The summed E-state index contributed by atoms with van der Waals surface area (Å²) in [5.74, 6) is 1.15. The second kappa shape index (κ2) is 7.39. The maximum absolute atomic E-state index is 5.77. The van der Waals surface area contributed by atoms with Gasteiger partial charge in [0.1, 0.15) is 0 Å². The van der Waals surface area contributed by atoms with Crippen LogP contribution in [-0.2, 0) is 6.54 Å². The Balaban J connectivity index is 2.48. The number of nitrogens with two attached hydrogens (primary N) is 1. The van der Waals surface area contributed by atoms with Gasteiger partial charge in [-0.3, -0.25) is 0 Å². The molecule has 0 heterocycles. The van der Waals surface area contributed by atoms with Crippen molar-refractivity contribution in [3.8, 4) is 0 Å². The first-order valence-corrected chi connectivity index (χ1v) is 6.70. The monoisotopic (exact) mass is 249 g/mol. The normalized spacial score (nSPS) is 13.1. The summed E-state index contributed by atoms with van der Waals surface area (Å²) in [6.07, 6.45) is 0. The highest BCUT2D eigenvalue weighted by molar-refractivity contribution is 5.44. The van der Waals surface area contributed by atoms with E-state index in [0.717, 1.165) is 19.6 Å². The Morgan fingerprint density at radius 1 is 1.17 bits per heavy atom. The number of benzene rings is 1. The minimum atomic E-state index is 0.534. The van der Waals surface area contributed by atoms with Crippen molar-refractivity contribution in [2.75, 3.05) is 32.5 Å². The molecule has 0 saturated carbocycles. The van der Waals surface area contributed by atoms with Crippen LogP contribution in [0.25, 0.3) is 0 Å². The zero-order valence-corrected chi connectivity index (χ0v) is 12.1. The second-order valence-corrected chi connectivity index (χ2v) is 5.56. The molecule has 0 aliphatic carbocycles. The molecule has 0 aliphatic heterocycles. The summed E-state index contributed by atoms with van der Waals surface area (Å²) < 4.78 is 0. The van der Waals surface area contributed by atoms with Crippen LogP contribution in [0, 0.1) is 11.8 Å². The van der Waals surface area contributed by atoms with Crippen molar-refractivity contribution in [1.82, 2.24) is 4.90 Å². The van der Waals surface area contributed by atoms with Gasteiger partial charge in [-0.1, -0.05) is 26.0 Å². The van der Waals surface area contributed by atoms with E-state index < -0.39 is 0 Å². The van der Waals surface area contributed by atoms with Gasteiger partial charge in [0.15, 0.2) is 0 Å². The van der Waals surface area contributed by atoms with E-state index in [9.17, 15) is 0 Å². The average Bonchev–Trinajstić information content (AvgIpc) is 2.31. The molecular formula is C15H27N3. The molecule has 0 saturated heterocycles. The van der Waals surface area contributed by atoms with E-state index in [4.69, 9.17) is 5.73 Å². The molecule has 0 spiro atoms. The van der Waals surface area contributed by atoms with Crippen LogP contribution in [0.3, 0.4) is 0 Å². The minimum Gasteiger partial charge on any atom is -0.385 e. The molecule has 3 nitrogen and oxygen atoms in total. The lowest BCUT2D eigenvalue weighted by atomic mass is 9.96. The lowest BCUT2D eigenvalue weighted by Crippen LogP contribution is -2.27. The fourth-order valence-electron chi connectivity index (χ4n) is 1.93.